The lowest BCUT2D eigenvalue weighted by atomic mass is 9.97. The van der Waals surface area contributed by atoms with E-state index in [1.165, 1.54) is 4.90 Å². The first-order valence-corrected chi connectivity index (χ1v) is 19.6. The maximum atomic E-state index is 14.5. The Bertz CT molecular complexity index is 1770. The monoisotopic (exact) mass is 792 g/mol. The largest absolute Gasteiger partial charge is 0.480 e. The van der Waals surface area contributed by atoms with Crippen LogP contribution >= 0.6 is 0 Å². The van der Waals surface area contributed by atoms with Gasteiger partial charge in [0, 0.05) is 6.42 Å². The molecular weight excluding hydrogens is 732 g/mol. The summed E-state index contributed by atoms with van der Waals surface area (Å²) in [4.78, 5) is 85.5. The molecule has 57 heavy (non-hydrogen) atoms. The van der Waals surface area contributed by atoms with Gasteiger partial charge >= 0.3 is 5.97 Å². The molecule has 2 aliphatic heterocycles. The molecule has 0 radical (unpaired) electrons. The number of carboxylic acid groups (broad SMARTS) is 1. The van der Waals surface area contributed by atoms with E-state index in [9.17, 15) is 33.9 Å². The second kappa shape index (κ2) is 18.2. The molecule has 2 saturated heterocycles. The molecule has 15 heteroatoms. The number of nitrogens with zero attached hydrogens (tertiary/aromatic N) is 2. The van der Waals surface area contributed by atoms with Crippen molar-refractivity contribution in [3.8, 4) is 0 Å². The van der Waals surface area contributed by atoms with Crippen LogP contribution in [-0.4, -0.2) is 110 Å². The fraction of sp³-hybridized carbons (Fsp3) is 0.571. The molecule has 0 spiro atoms. The van der Waals surface area contributed by atoms with E-state index in [0.29, 0.717) is 5.56 Å². The number of nitrogens with one attached hydrogen (secondary N) is 3. The van der Waals surface area contributed by atoms with Crippen LogP contribution in [0.5, 0.6) is 0 Å². The highest BCUT2D eigenvalue weighted by Crippen LogP contribution is 2.35. The van der Waals surface area contributed by atoms with Crippen molar-refractivity contribution in [3.63, 3.8) is 0 Å². The molecule has 5 amide bonds. The normalized spacial score (nSPS) is 23.4. The zero-order valence-corrected chi connectivity index (χ0v) is 34.6. The van der Waals surface area contributed by atoms with E-state index in [0.717, 1.165) is 10.5 Å². The van der Waals surface area contributed by atoms with Crippen LogP contribution in [0.15, 0.2) is 60.7 Å². The molecule has 0 unspecified atom stereocenters. The highest BCUT2D eigenvalue weighted by molar-refractivity contribution is 5.97. The molecule has 6 N–H and O–H groups in total. The van der Waals surface area contributed by atoms with Crippen molar-refractivity contribution in [2.24, 2.45) is 17.6 Å². The number of amides is 5. The number of nitrogens with two attached hydrogens (primary N) is 1. The second-order valence-corrected chi connectivity index (χ2v) is 16.7. The number of aliphatic carboxylic acids is 1. The number of carbonyl (C=O) groups excluding carboxylic acids is 5. The molecule has 2 heterocycles. The molecule has 2 aromatic carbocycles. The fourth-order valence-electron chi connectivity index (χ4n) is 7.81. The fourth-order valence-corrected chi connectivity index (χ4v) is 7.81. The van der Waals surface area contributed by atoms with E-state index in [4.69, 9.17) is 15.2 Å². The first-order valence-electron chi connectivity index (χ1n) is 19.6. The number of hydrogen-bond donors (Lipinski definition) is 5. The van der Waals surface area contributed by atoms with Crippen molar-refractivity contribution in [2.75, 3.05) is 0 Å². The van der Waals surface area contributed by atoms with Crippen LogP contribution in [0, 0.1) is 11.8 Å². The summed E-state index contributed by atoms with van der Waals surface area (Å²) in [6, 6.07) is 11.3. The highest BCUT2D eigenvalue weighted by atomic mass is 16.6. The molecule has 0 aromatic heterocycles. The van der Waals surface area contributed by atoms with Gasteiger partial charge in [0.1, 0.15) is 35.6 Å². The van der Waals surface area contributed by atoms with Crippen molar-refractivity contribution >= 4 is 35.5 Å². The summed E-state index contributed by atoms with van der Waals surface area (Å²) in [6.45, 7) is 16.7. The molecular formula is C42H60N6O9. The standard InChI is InChI=1S/C42H60N6O9/c1-23(2)31(45-35(49)29(43)21-27-17-13-11-14-18-27)38(52)47-33(25(5)56-41(47,7)8)37(51)44-30(22-28-19-15-12-16-20-28)36(50)46-32(24(3)4)39(53)48-34(40(54)55)26(6)57-42(48,9)10/h11-20,23-26,29-34H,21-22,43H2,1-10H3,(H,44,51)(H,45,49)(H,46,50)(H,54,55)/t25-,26-,29-,30-,31-,32-,33-,34-/m0/s1. The Labute approximate surface area is 335 Å². The van der Waals surface area contributed by atoms with Crippen molar-refractivity contribution in [1.29, 1.82) is 0 Å². The topological polar surface area (TPSA) is 210 Å². The Hall–Kier alpha value is -4.86. The molecule has 15 nitrogen and oxygen atoms in total. The molecule has 8 atom stereocenters. The zero-order chi connectivity index (χ0) is 42.6. The van der Waals surface area contributed by atoms with Gasteiger partial charge in [-0.1, -0.05) is 88.4 Å². The summed E-state index contributed by atoms with van der Waals surface area (Å²) in [5.41, 5.74) is 5.27. The van der Waals surface area contributed by atoms with E-state index in [2.05, 4.69) is 16.0 Å². The van der Waals surface area contributed by atoms with Crippen molar-refractivity contribution in [3.05, 3.63) is 71.8 Å². The number of carbonyl (C=O) groups is 6. The number of rotatable bonds is 15. The third-order valence-electron chi connectivity index (χ3n) is 10.6. The van der Waals surface area contributed by atoms with Gasteiger partial charge in [-0.25, -0.2) is 4.79 Å². The van der Waals surface area contributed by atoms with E-state index < -0.39 is 107 Å². The van der Waals surface area contributed by atoms with Crippen LogP contribution in [-0.2, 0) is 51.1 Å². The highest BCUT2D eigenvalue weighted by Gasteiger charge is 2.55. The van der Waals surface area contributed by atoms with Gasteiger partial charge in [-0.3, -0.25) is 33.8 Å². The average molecular weight is 793 g/mol. The van der Waals surface area contributed by atoms with Gasteiger partial charge in [-0.15, -0.1) is 0 Å². The van der Waals surface area contributed by atoms with E-state index in [1.807, 2.05) is 36.4 Å². The molecule has 2 aliphatic rings. The lowest BCUT2D eigenvalue weighted by Gasteiger charge is -2.38. The van der Waals surface area contributed by atoms with Crippen molar-refractivity contribution < 1.29 is 43.3 Å². The van der Waals surface area contributed by atoms with Gasteiger partial charge in [0.25, 0.3) is 0 Å². The molecule has 2 aromatic rings. The van der Waals surface area contributed by atoms with Gasteiger partial charge in [0.2, 0.25) is 29.5 Å². The Kier molecular flexibility index (Phi) is 14.3. The molecule has 312 valence electrons. The van der Waals surface area contributed by atoms with Crippen molar-refractivity contribution in [2.45, 2.75) is 142 Å². The van der Waals surface area contributed by atoms with Crippen LogP contribution in [0.3, 0.4) is 0 Å². The van der Waals surface area contributed by atoms with Gasteiger partial charge in [-0.2, -0.15) is 0 Å². The van der Waals surface area contributed by atoms with Crippen LogP contribution < -0.4 is 21.7 Å². The van der Waals surface area contributed by atoms with E-state index >= 15 is 0 Å². The molecule has 4 rings (SSSR count). The average Bonchev–Trinajstić information content (AvgIpc) is 3.53. The SMILES string of the molecule is CC(C)[C@H](NC(=O)[C@H](Cc1ccccc1)NC(=O)[C@@H]1[C@H](C)OC(C)(C)N1C(=O)[C@@H](NC(=O)[C@@H](N)Cc1ccccc1)C(C)C)C(=O)N1[C@H](C(=O)O)[C@H](C)OC1(C)C. The smallest absolute Gasteiger partial charge is 0.329 e. The predicted octanol–water partition coefficient (Wildman–Crippen LogP) is 2.35. The van der Waals surface area contributed by atoms with Gasteiger partial charge < -0.3 is 36.3 Å². The third kappa shape index (κ3) is 10.4. The maximum Gasteiger partial charge on any atom is 0.329 e. The van der Waals surface area contributed by atoms with Gasteiger partial charge in [0.05, 0.1) is 18.2 Å². The van der Waals surface area contributed by atoms with Crippen LogP contribution in [0.2, 0.25) is 0 Å². The first-order chi connectivity index (χ1) is 26.6. The number of carboxylic acids is 1. The van der Waals surface area contributed by atoms with Crippen LogP contribution in [0.4, 0.5) is 0 Å². The second-order valence-electron chi connectivity index (χ2n) is 16.7. The molecule has 0 saturated carbocycles. The lowest BCUT2D eigenvalue weighted by Crippen LogP contribution is -2.64. The van der Waals surface area contributed by atoms with Gasteiger partial charge in [0.15, 0.2) is 6.04 Å². The van der Waals surface area contributed by atoms with Crippen LogP contribution in [0.1, 0.15) is 80.4 Å². The molecule has 0 aliphatic carbocycles. The summed E-state index contributed by atoms with van der Waals surface area (Å²) in [6.07, 6.45) is -1.36. The quantitative estimate of drug-likeness (QED) is 0.178. The number of hydrogen-bond acceptors (Lipinski definition) is 9. The minimum absolute atomic E-state index is 0.0216. The summed E-state index contributed by atoms with van der Waals surface area (Å²) in [7, 11) is 0. The third-order valence-corrected chi connectivity index (χ3v) is 10.6. The summed E-state index contributed by atoms with van der Waals surface area (Å²) in [5.74, 6) is -5.25. The summed E-state index contributed by atoms with van der Waals surface area (Å²) >= 11 is 0. The number of ether oxygens (including phenoxy) is 2. The minimum Gasteiger partial charge on any atom is -0.480 e. The summed E-state index contributed by atoms with van der Waals surface area (Å²) < 4.78 is 12.0. The zero-order valence-electron chi connectivity index (χ0n) is 34.6. The lowest BCUT2D eigenvalue weighted by molar-refractivity contribution is -0.158. The Morgan fingerprint density at radius 2 is 1.07 bits per heavy atom. The summed E-state index contributed by atoms with van der Waals surface area (Å²) in [5, 5.41) is 18.5. The Morgan fingerprint density at radius 1 is 0.667 bits per heavy atom. The number of benzene rings is 2. The van der Waals surface area contributed by atoms with Crippen LogP contribution in [0.25, 0.3) is 0 Å². The molecule has 0 bridgehead atoms. The minimum atomic E-state index is -1.29. The maximum absolute atomic E-state index is 14.5. The van der Waals surface area contributed by atoms with Crippen molar-refractivity contribution in [1.82, 2.24) is 25.8 Å². The Balaban J connectivity index is 1.61. The van der Waals surface area contributed by atoms with E-state index in [1.54, 1.807) is 93.5 Å². The van der Waals surface area contributed by atoms with Gasteiger partial charge in [-0.05, 0) is 70.9 Å². The Morgan fingerprint density at radius 3 is 1.51 bits per heavy atom. The predicted molar refractivity (Wildman–Crippen MR) is 212 cm³/mol. The van der Waals surface area contributed by atoms with E-state index in [-0.39, 0.29) is 12.8 Å². The molecule has 2 fully saturated rings. The first kappa shape index (κ1) is 44.8.